The predicted molar refractivity (Wildman–Crippen MR) is 68.4 cm³/mol. The molecule has 0 radical (unpaired) electrons. The van der Waals surface area contributed by atoms with E-state index < -0.39 is 5.97 Å². The highest BCUT2D eigenvalue weighted by Gasteiger charge is 2.16. The fraction of sp³-hybridized carbons (Fsp3) is 0. The smallest absolute Gasteiger partial charge is 0.349 e. The van der Waals surface area contributed by atoms with Crippen LogP contribution < -0.4 is 0 Å². The summed E-state index contributed by atoms with van der Waals surface area (Å²) in [5.41, 5.74) is 0.642. The number of carboxylic acid groups (broad SMARTS) is 1. The van der Waals surface area contributed by atoms with Gasteiger partial charge in [-0.1, -0.05) is 29.3 Å². The Hall–Kier alpha value is -1.23. The van der Waals surface area contributed by atoms with Gasteiger partial charge in [-0.3, -0.25) is 0 Å². The topological polar surface area (TPSA) is 57.5 Å². The SMILES string of the molecule is O=C(O)c1sc(-c2ccc(Cl)cc2Cl)cc1O. The number of hydrogen-bond donors (Lipinski definition) is 2. The van der Waals surface area contributed by atoms with E-state index in [1.165, 1.54) is 6.07 Å². The van der Waals surface area contributed by atoms with Gasteiger partial charge in [-0.05, 0) is 18.2 Å². The Morgan fingerprint density at radius 3 is 2.47 bits per heavy atom. The lowest BCUT2D eigenvalue weighted by molar-refractivity contribution is 0.0699. The lowest BCUT2D eigenvalue weighted by atomic mass is 10.2. The first-order chi connectivity index (χ1) is 7.99. The van der Waals surface area contributed by atoms with E-state index >= 15 is 0 Å². The van der Waals surface area contributed by atoms with Gasteiger partial charge in [0.1, 0.15) is 5.75 Å². The second kappa shape index (κ2) is 4.56. The van der Waals surface area contributed by atoms with Crippen molar-refractivity contribution in [1.82, 2.24) is 0 Å². The third-order valence-corrected chi connectivity index (χ3v) is 3.80. The third kappa shape index (κ3) is 2.39. The highest BCUT2D eigenvalue weighted by atomic mass is 35.5. The summed E-state index contributed by atoms with van der Waals surface area (Å²) in [5, 5.41) is 19.2. The van der Waals surface area contributed by atoms with E-state index in [0.717, 1.165) is 11.3 Å². The maximum Gasteiger partial charge on any atom is 0.349 e. The van der Waals surface area contributed by atoms with Crippen molar-refractivity contribution in [2.75, 3.05) is 0 Å². The Morgan fingerprint density at radius 2 is 1.94 bits per heavy atom. The van der Waals surface area contributed by atoms with Crippen LogP contribution in [0.25, 0.3) is 10.4 Å². The highest BCUT2D eigenvalue weighted by molar-refractivity contribution is 7.17. The first-order valence-electron chi connectivity index (χ1n) is 4.50. The molecule has 0 aliphatic heterocycles. The quantitative estimate of drug-likeness (QED) is 0.874. The standard InChI is InChI=1S/C11H6Cl2O3S/c12-5-1-2-6(7(13)3-5)9-4-8(14)10(17-9)11(15)16/h1-4,14H,(H,15,16). The molecule has 2 aromatic rings. The van der Waals surface area contributed by atoms with Gasteiger partial charge in [0.05, 0.1) is 5.02 Å². The molecule has 3 nitrogen and oxygen atoms in total. The molecule has 0 aliphatic rings. The third-order valence-electron chi connectivity index (χ3n) is 2.10. The van der Waals surface area contributed by atoms with Crippen molar-refractivity contribution in [3.8, 4) is 16.2 Å². The number of thiophene rings is 1. The van der Waals surface area contributed by atoms with E-state index in [2.05, 4.69) is 0 Å². The fourth-order valence-electron chi connectivity index (χ4n) is 1.36. The van der Waals surface area contributed by atoms with Gasteiger partial charge in [-0.15, -0.1) is 11.3 Å². The lowest BCUT2D eigenvalue weighted by Crippen LogP contribution is -1.90. The number of aromatic hydroxyl groups is 1. The first-order valence-corrected chi connectivity index (χ1v) is 6.08. The monoisotopic (exact) mass is 288 g/mol. The van der Waals surface area contributed by atoms with Gasteiger partial charge in [-0.25, -0.2) is 4.79 Å². The highest BCUT2D eigenvalue weighted by Crippen LogP contribution is 2.39. The molecule has 1 aromatic heterocycles. The molecule has 0 saturated heterocycles. The molecule has 0 unspecified atom stereocenters. The minimum absolute atomic E-state index is 0.106. The van der Waals surface area contributed by atoms with Gasteiger partial charge in [0.2, 0.25) is 0 Å². The second-order valence-electron chi connectivity index (χ2n) is 3.25. The maximum absolute atomic E-state index is 10.8. The number of benzene rings is 1. The molecule has 88 valence electrons. The molecule has 2 N–H and O–H groups in total. The largest absolute Gasteiger partial charge is 0.506 e. The average molecular weight is 289 g/mol. The van der Waals surface area contributed by atoms with Crippen LogP contribution in [0.15, 0.2) is 24.3 Å². The maximum atomic E-state index is 10.8. The van der Waals surface area contributed by atoms with Crippen molar-refractivity contribution in [3.05, 3.63) is 39.2 Å². The van der Waals surface area contributed by atoms with E-state index in [4.69, 9.17) is 28.3 Å². The number of carbonyl (C=O) groups is 1. The van der Waals surface area contributed by atoms with Crippen molar-refractivity contribution < 1.29 is 15.0 Å². The van der Waals surface area contributed by atoms with Gasteiger partial charge in [0.25, 0.3) is 0 Å². The number of carboxylic acids is 1. The van der Waals surface area contributed by atoms with E-state index in [1.54, 1.807) is 18.2 Å². The van der Waals surface area contributed by atoms with Crippen LogP contribution in [0.5, 0.6) is 5.75 Å². The summed E-state index contributed by atoms with van der Waals surface area (Å²) < 4.78 is 0. The minimum atomic E-state index is -1.16. The van der Waals surface area contributed by atoms with Gasteiger partial charge < -0.3 is 10.2 Å². The van der Waals surface area contributed by atoms with Crippen LogP contribution in [0.3, 0.4) is 0 Å². The summed E-state index contributed by atoms with van der Waals surface area (Å²) >= 11 is 12.7. The molecular formula is C11H6Cl2O3S. The molecule has 6 heteroatoms. The summed E-state index contributed by atoms with van der Waals surface area (Å²) in [6, 6.07) is 6.28. The molecule has 0 aliphatic carbocycles. The molecule has 0 spiro atoms. The summed E-state index contributed by atoms with van der Waals surface area (Å²) in [7, 11) is 0. The molecule has 0 bridgehead atoms. The number of aromatic carboxylic acids is 1. The Balaban J connectivity index is 2.53. The van der Waals surface area contributed by atoms with Crippen LogP contribution in [0.4, 0.5) is 0 Å². The van der Waals surface area contributed by atoms with E-state index in [0.29, 0.717) is 20.5 Å². The Kier molecular flexibility index (Phi) is 3.28. The number of halogens is 2. The zero-order valence-electron chi connectivity index (χ0n) is 8.28. The molecule has 1 aromatic carbocycles. The number of rotatable bonds is 2. The summed E-state index contributed by atoms with van der Waals surface area (Å²) in [6.45, 7) is 0. The van der Waals surface area contributed by atoms with Crippen LogP contribution in [0, 0.1) is 0 Å². The Bertz CT molecular complexity index is 592. The van der Waals surface area contributed by atoms with Gasteiger partial charge >= 0.3 is 5.97 Å². The van der Waals surface area contributed by atoms with Crippen LogP contribution in [-0.4, -0.2) is 16.2 Å². The normalized spacial score (nSPS) is 10.5. The van der Waals surface area contributed by atoms with Crippen molar-refractivity contribution in [1.29, 1.82) is 0 Å². The molecule has 17 heavy (non-hydrogen) atoms. The zero-order chi connectivity index (χ0) is 12.6. The average Bonchev–Trinajstić information content (AvgIpc) is 2.60. The zero-order valence-corrected chi connectivity index (χ0v) is 10.6. The van der Waals surface area contributed by atoms with Gasteiger partial charge in [0, 0.05) is 15.5 Å². The van der Waals surface area contributed by atoms with Crippen LogP contribution in [0.2, 0.25) is 10.0 Å². The fourth-order valence-corrected chi connectivity index (χ4v) is 2.85. The van der Waals surface area contributed by atoms with Gasteiger partial charge in [0.15, 0.2) is 4.88 Å². The summed E-state index contributed by atoms with van der Waals surface area (Å²) in [4.78, 5) is 11.3. The van der Waals surface area contributed by atoms with E-state index in [-0.39, 0.29) is 10.6 Å². The van der Waals surface area contributed by atoms with Crippen molar-refractivity contribution in [2.24, 2.45) is 0 Å². The van der Waals surface area contributed by atoms with Crippen LogP contribution in [-0.2, 0) is 0 Å². The molecule has 2 rings (SSSR count). The Morgan fingerprint density at radius 1 is 1.24 bits per heavy atom. The molecule has 0 amide bonds. The van der Waals surface area contributed by atoms with Crippen molar-refractivity contribution in [2.45, 2.75) is 0 Å². The first kappa shape index (κ1) is 12.2. The summed E-state index contributed by atoms with van der Waals surface area (Å²) in [5.74, 6) is -1.42. The van der Waals surface area contributed by atoms with Crippen molar-refractivity contribution in [3.63, 3.8) is 0 Å². The number of hydrogen-bond acceptors (Lipinski definition) is 3. The van der Waals surface area contributed by atoms with Gasteiger partial charge in [-0.2, -0.15) is 0 Å². The van der Waals surface area contributed by atoms with E-state index in [1.807, 2.05) is 0 Å². The molecular weight excluding hydrogens is 283 g/mol. The van der Waals surface area contributed by atoms with Crippen molar-refractivity contribution >= 4 is 40.5 Å². The molecule has 0 fully saturated rings. The molecule has 0 atom stereocenters. The summed E-state index contributed by atoms with van der Waals surface area (Å²) in [6.07, 6.45) is 0. The second-order valence-corrected chi connectivity index (χ2v) is 5.15. The minimum Gasteiger partial charge on any atom is -0.506 e. The van der Waals surface area contributed by atoms with Crippen LogP contribution >= 0.6 is 34.5 Å². The van der Waals surface area contributed by atoms with Crippen LogP contribution in [0.1, 0.15) is 9.67 Å². The predicted octanol–water partition coefficient (Wildman–Crippen LogP) is 4.13. The molecule has 1 heterocycles. The lowest BCUT2D eigenvalue weighted by Gasteiger charge is -2.00. The van der Waals surface area contributed by atoms with E-state index in [9.17, 15) is 9.90 Å². The Labute approximate surface area is 111 Å². The molecule has 0 saturated carbocycles.